The van der Waals surface area contributed by atoms with Crippen molar-refractivity contribution < 1.29 is 19.8 Å². The molecular formula is C26H40N4O4. The largest absolute Gasteiger partial charge is 0.480 e. The van der Waals surface area contributed by atoms with Crippen LogP contribution in [0.2, 0.25) is 0 Å². The number of rotatable bonds is 10. The van der Waals surface area contributed by atoms with Gasteiger partial charge >= 0.3 is 5.97 Å². The first-order valence-corrected chi connectivity index (χ1v) is 13.2. The maximum atomic E-state index is 12.5. The third-order valence-electron chi connectivity index (χ3n) is 7.88. The Morgan fingerprint density at radius 1 is 1.15 bits per heavy atom. The van der Waals surface area contributed by atoms with Crippen LogP contribution in [0.1, 0.15) is 75.5 Å². The summed E-state index contributed by atoms with van der Waals surface area (Å²) in [4.78, 5) is 31.4. The number of hydrogen-bond acceptors (Lipinski definition) is 6. The van der Waals surface area contributed by atoms with Crippen molar-refractivity contribution in [1.29, 1.82) is 0 Å². The van der Waals surface area contributed by atoms with Gasteiger partial charge in [0.15, 0.2) is 6.04 Å². The number of anilines is 1. The fourth-order valence-corrected chi connectivity index (χ4v) is 5.65. The van der Waals surface area contributed by atoms with Crippen LogP contribution in [0.25, 0.3) is 0 Å². The first-order valence-electron chi connectivity index (χ1n) is 13.2. The number of unbranched alkanes of at least 4 members (excludes halogenated alkanes) is 2. The zero-order chi connectivity index (χ0) is 24.0. The summed E-state index contributed by atoms with van der Waals surface area (Å²) in [6.45, 7) is 3.26. The molecule has 1 saturated heterocycles. The molecule has 1 amide bonds. The highest BCUT2D eigenvalue weighted by Crippen LogP contribution is 2.29. The molecular weight excluding hydrogens is 432 g/mol. The second-order valence-electron chi connectivity index (χ2n) is 10.4. The molecule has 4 N–H and O–H groups in total. The smallest absolute Gasteiger partial charge is 0.329 e. The van der Waals surface area contributed by atoms with Crippen molar-refractivity contribution in [1.82, 2.24) is 15.2 Å². The number of nitrogens with zero attached hydrogens (tertiary/aromatic N) is 2. The number of aliphatic carboxylic acids is 1. The Labute approximate surface area is 202 Å². The van der Waals surface area contributed by atoms with E-state index in [9.17, 15) is 19.8 Å². The molecule has 4 rings (SSSR count). The standard InChI is InChI=1S/C26H40N4O4/c31-24(20-7-3-4-8-20)29-22(25(32)33)26(34)13-17-30(18-14-26)16-5-1-2-10-21-12-11-19-9-6-15-27-23(19)28-21/h11-12,20,22,34H,1-10,13-18H2,(H,27,28)(H,29,31)(H,32,33). The van der Waals surface area contributed by atoms with Crippen LogP contribution in [0.5, 0.6) is 0 Å². The molecule has 0 spiro atoms. The molecule has 3 aliphatic rings. The summed E-state index contributed by atoms with van der Waals surface area (Å²) in [6, 6.07) is 3.13. The van der Waals surface area contributed by atoms with Gasteiger partial charge in [-0.25, -0.2) is 9.78 Å². The lowest BCUT2D eigenvalue weighted by molar-refractivity contribution is -0.154. The van der Waals surface area contributed by atoms with E-state index in [0.717, 1.165) is 82.4 Å². The van der Waals surface area contributed by atoms with Gasteiger partial charge in [0.2, 0.25) is 5.91 Å². The van der Waals surface area contributed by atoms with Gasteiger partial charge in [0.25, 0.3) is 0 Å². The summed E-state index contributed by atoms with van der Waals surface area (Å²) >= 11 is 0. The molecule has 3 heterocycles. The van der Waals surface area contributed by atoms with Crippen molar-refractivity contribution >= 4 is 17.7 Å². The Morgan fingerprint density at radius 2 is 1.91 bits per heavy atom. The van der Waals surface area contributed by atoms with Crippen LogP contribution >= 0.6 is 0 Å². The van der Waals surface area contributed by atoms with Crippen LogP contribution in [0.15, 0.2) is 12.1 Å². The molecule has 0 bridgehead atoms. The molecule has 2 aliphatic heterocycles. The fourth-order valence-electron chi connectivity index (χ4n) is 5.65. The average molecular weight is 473 g/mol. The van der Waals surface area contributed by atoms with Gasteiger partial charge < -0.3 is 25.7 Å². The minimum atomic E-state index is -1.39. The maximum absolute atomic E-state index is 12.5. The molecule has 0 aromatic carbocycles. The number of amides is 1. The number of nitrogens with one attached hydrogen (secondary N) is 2. The monoisotopic (exact) mass is 472 g/mol. The van der Waals surface area contributed by atoms with E-state index >= 15 is 0 Å². The van der Waals surface area contributed by atoms with Crippen molar-refractivity contribution in [2.24, 2.45) is 5.92 Å². The molecule has 2 fully saturated rings. The second kappa shape index (κ2) is 11.5. The number of likely N-dealkylation sites (tertiary alicyclic amines) is 1. The Balaban J connectivity index is 1.16. The average Bonchev–Trinajstić information content (AvgIpc) is 3.38. The lowest BCUT2D eigenvalue weighted by Gasteiger charge is -2.41. The van der Waals surface area contributed by atoms with Crippen LogP contribution in [0.3, 0.4) is 0 Å². The van der Waals surface area contributed by atoms with Gasteiger partial charge in [0.05, 0.1) is 5.60 Å². The van der Waals surface area contributed by atoms with Gasteiger partial charge in [-0.15, -0.1) is 0 Å². The number of carbonyl (C=O) groups is 2. The van der Waals surface area contributed by atoms with E-state index in [-0.39, 0.29) is 11.8 Å². The van der Waals surface area contributed by atoms with Crippen LogP contribution in [-0.2, 0) is 22.4 Å². The highest BCUT2D eigenvalue weighted by Gasteiger charge is 2.45. The topological polar surface area (TPSA) is 115 Å². The number of fused-ring (bicyclic) bond motifs is 1. The quantitative estimate of drug-likeness (QED) is 0.387. The fraction of sp³-hybridized carbons (Fsp3) is 0.731. The number of carbonyl (C=O) groups excluding carboxylic acids is 1. The third-order valence-corrected chi connectivity index (χ3v) is 7.88. The van der Waals surface area contributed by atoms with E-state index in [0.29, 0.717) is 25.9 Å². The van der Waals surface area contributed by atoms with E-state index in [1.807, 2.05) is 0 Å². The molecule has 0 radical (unpaired) electrons. The number of aliphatic hydroxyl groups is 1. The van der Waals surface area contributed by atoms with Crippen LogP contribution < -0.4 is 10.6 Å². The summed E-state index contributed by atoms with van der Waals surface area (Å²) in [5.41, 5.74) is 1.08. The Kier molecular flexibility index (Phi) is 8.42. The summed E-state index contributed by atoms with van der Waals surface area (Å²) < 4.78 is 0. The second-order valence-corrected chi connectivity index (χ2v) is 10.4. The summed E-state index contributed by atoms with van der Waals surface area (Å²) in [5.74, 6) is -0.416. The molecule has 1 aromatic heterocycles. The molecule has 34 heavy (non-hydrogen) atoms. The van der Waals surface area contributed by atoms with Crippen molar-refractivity contribution in [3.05, 3.63) is 23.4 Å². The van der Waals surface area contributed by atoms with Gasteiger partial charge in [-0.05, 0) is 76.0 Å². The van der Waals surface area contributed by atoms with Crippen molar-refractivity contribution in [2.45, 2.75) is 88.7 Å². The number of piperidine rings is 1. The number of aromatic nitrogens is 1. The summed E-state index contributed by atoms with van der Waals surface area (Å²) in [7, 11) is 0. The van der Waals surface area contributed by atoms with Gasteiger partial charge in [0, 0.05) is 31.2 Å². The number of hydrogen-bond donors (Lipinski definition) is 4. The highest BCUT2D eigenvalue weighted by molar-refractivity contribution is 5.86. The predicted octanol–water partition coefficient (Wildman–Crippen LogP) is 2.74. The number of aryl methyl sites for hydroxylation is 2. The molecule has 1 unspecified atom stereocenters. The number of carboxylic acids is 1. The van der Waals surface area contributed by atoms with Gasteiger partial charge in [-0.1, -0.05) is 25.3 Å². The third kappa shape index (κ3) is 6.27. The van der Waals surface area contributed by atoms with E-state index in [1.54, 1.807) is 0 Å². The predicted molar refractivity (Wildman–Crippen MR) is 131 cm³/mol. The maximum Gasteiger partial charge on any atom is 0.329 e. The van der Waals surface area contributed by atoms with E-state index in [4.69, 9.17) is 4.98 Å². The zero-order valence-electron chi connectivity index (χ0n) is 20.2. The van der Waals surface area contributed by atoms with Crippen LogP contribution in [-0.4, -0.2) is 69.8 Å². The number of pyridine rings is 1. The lowest BCUT2D eigenvalue weighted by Crippen LogP contribution is -2.61. The van der Waals surface area contributed by atoms with Crippen LogP contribution in [0.4, 0.5) is 5.82 Å². The zero-order valence-corrected chi connectivity index (χ0v) is 20.2. The van der Waals surface area contributed by atoms with E-state index < -0.39 is 17.6 Å². The Hall–Kier alpha value is -2.19. The van der Waals surface area contributed by atoms with Crippen molar-refractivity contribution in [3.8, 4) is 0 Å². The minimum Gasteiger partial charge on any atom is -0.480 e. The summed E-state index contributed by atoms with van der Waals surface area (Å²) in [5, 5.41) is 26.9. The van der Waals surface area contributed by atoms with Gasteiger partial charge in [-0.2, -0.15) is 0 Å². The molecule has 1 atom stereocenters. The summed E-state index contributed by atoms with van der Waals surface area (Å²) in [6.07, 6.45) is 10.9. The molecule has 188 valence electrons. The first-order chi connectivity index (χ1) is 16.4. The molecule has 8 nitrogen and oxygen atoms in total. The normalized spacial score (nSPS) is 21.4. The van der Waals surface area contributed by atoms with Gasteiger partial charge in [0.1, 0.15) is 5.82 Å². The van der Waals surface area contributed by atoms with Crippen molar-refractivity contribution in [2.75, 3.05) is 31.5 Å². The van der Waals surface area contributed by atoms with Crippen molar-refractivity contribution in [3.63, 3.8) is 0 Å². The highest BCUT2D eigenvalue weighted by atomic mass is 16.4. The van der Waals surface area contributed by atoms with Gasteiger partial charge in [-0.3, -0.25) is 4.79 Å². The molecule has 1 saturated carbocycles. The minimum absolute atomic E-state index is 0.113. The molecule has 8 heteroatoms. The lowest BCUT2D eigenvalue weighted by atomic mass is 9.83. The number of carboxylic acid groups (broad SMARTS) is 1. The Bertz CT molecular complexity index is 847. The Morgan fingerprint density at radius 3 is 2.65 bits per heavy atom. The van der Waals surface area contributed by atoms with Crippen LogP contribution in [0, 0.1) is 5.92 Å². The van der Waals surface area contributed by atoms with E-state index in [2.05, 4.69) is 27.7 Å². The SMILES string of the molecule is O=C(NC(C(=O)O)C1(O)CCN(CCCCCc2ccc3c(n2)NCCC3)CC1)C1CCCC1. The first kappa shape index (κ1) is 24.9. The molecule has 1 aromatic rings. The van der Waals surface area contributed by atoms with E-state index in [1.165, 1.54) is 12.0 Å². The molecule has 1 aliphatic carbocycles.